The Morgan fingerprint density at radius 1 is 1.34 bits per heavy atom. The van der Waals surface area contributed by atoms with Crippen molar-refractivity contribution in [1.82, 2.24) is 15.5 Å². The number of carbonyl (C=O) groups excluding carboxylic acids is 1. The Hall–Kier alpha value is -2.24. The molecular weight excluding hydrogens is 364 g/mol. The van der Waals surface area contributed by atoms with Crippen molar-refractivity contribution in [3.8, 4) is 5.75 Å². The molecule has 1 saturated heterocycles. The van der Waals surface area contributed by atoms with Crippen LogP contribution in [0.3, 0.4) is 0 Å². The molecule has 2 aliphatic rings. The zero-order valence-corrected chi connectivity index (χ0v) is 18.3. The van der Waals surface area contributed by atoms with E-state index in [-0.39, 0.29) is 17.6 Å². The highest BCUT2D eigenvalue weighted by atomic mass is 16.5. The highest BCUT2D eigenvalue weighted by Gasteiger charge is 2.34. The molecule has 1 aromatic carbocycles. The molecule has 0 bridgehead atoms. The lowest BCUT2D eigenvalue weighted by Gasteiger charge is -2.38. The van der Waals surface area contributed by atoms with E-state index >= 15 is 0 Å². The largest absolute Gasteiger partial charge is 0.487 e. The summed E-state index contributed by atoms with van der Waals surface area (Å²) in [7, 11) is 0. The SMILES string of the molecule is CCNC(=NCCC(=O)N1CCCC(C)C1)NC1CC(C)(C)Oc2ccccc21. The summed E-state index contributed by atoms with van der Waals surface area (Å²) in [6.07, 6.45) is 3.64. The van der Waals surface area contributed by atoms with Crippen molar-refractivity contribution < 1.29 is 9.53 Å². The second-order valence-corrected chi connectivity index (χ2v) is 8.90. The number of piperidine rings is 1. The fraction of sp³-hybridized carbons (Fsp3) is 0.652. The van der Waals surface area contributed by atoms with Crippen molar-refractivity contribution in [3.05, 3.63) is 29.8 Å². The molecule has 0 radical (unpaired) electrons. The summed E-state index contributed by atoms with van der Waals surface area (Å²) in [5, 5.41) is 6.88. The maximum atomic E-state index is 12.5. The fourth-order valence-corrected chi connectivity index (χ4v) is 4.25. The summed E-state index contributed by atoms with van der Waals surface area (Å²) < 4.78 is 6.13. The van der Waals surface area contributed by atoms with Gasteiger partial charge in [-0.1, -0.05) is 25.1 Å². The van der Waals surface area contributed by atoms with Gasteiger partial charge >= 0.3 is 0 Å². The number of carbonyl (C=O) groups is 1. The van der Waals surface area contributed by atoms with Gasteiger partial charge in [-0.25, -0.2) is 0 Å². The van der Waals surface area contributed by atoms with Crippen LogP contribution < -0.4 is 15.4 Å². The van der Waals surface area contributed by atoms with Gasteiger partial charge in [-0.3, -0.25) is 9.79 Å². The molecule has 160 valence electrons. The van der Waals surface area contributed by atoms with Crippen LogP contribution in [0.15, 0.2) is 29.3 Å². The molecule has 0 spiro atoms. The second kappa shape index (κ2) is 9.51. The van der Waals surface area contributed by atoms with E-state index in [1.807, 2.05) is 23.1 Å². The quantitative estimate of drug-likeness (QED) is 0.587. The Morgan fingerprint density at radius 2 is 2.14 bits per heavy atom. The van der Waals surface area contributed by atoms with E-state index in [0.29, 0.717) is 18.9 Å². The predicted molar refractivity (Wildman–Crippen MR) is 117 cm³/mol. The van der Waals surface area contributed by atoms with Crippen LogP contribution in [-0.2, 0) is 4.79 Å². The topological polar surface area (TPSA) is 66.0 Å². The molecule has 6 heteroatoms. The van der Waals surface area contributed by atoms with E-state index < -0.39 is 0 Å². The Labute approximate surface area is 175 Å². The van der Waals surface area contributed by atoms with Crippen LogP contribution in [0.5, 0.6) is 5.75 Å². The Morgan fingerprint density at radius 3 is 2.90 bits per heavy atom. The molecule has 1 fully saturated rings. The van der Waals surface area contributed by atoms with Crippen LogP contribution in [0.2, 0.25) is 0 Å². The fourth-order valence-electron chi connectivity index (χ4n) is 4.25. The standard InChI is InChI=1S/C23H36N4O2/c1-5-24-22(25-13-12-21(28)27-14-8-9-17(2)16-27)26-19-15-23(3,4)29-20-11-7-6-10-18(19)20/h6-7,10-11,17,19H,5,8-9,12-16H2,1-4H3,(H2,24,25,26). The number of benzene rings is 1. The van der Waals surface area contributed by atoms with E-state index in [9.17, 15) is 4.79 Å². The van der Waals surface area contributed by atoms with Crippen LogP contribution in [0.25, 0.3) is 0 Å². The first-order valence-corrected chi connectivity index (χ1v) is 11.0. The first-order valence-electron chi connectivity index (χ1n) is 11.0. The molecule has 3 rings (SSSR count). The smallest absolute Gasteiger partial charge is 0.224 e. The highest BCUT2D eigenvalue weighted by Crippen LogP contribution is 2.39. The minimum absolute atomic E-state index is 0.117. The molecule has 2 heterocycles. The molecule has 29 heavy (non-hydrogen) atoms. The number of ether oxygens (including phenoxy) is 1. The molecule has 1 aromatic rings. The van der Waals surface area contributed by atoms with Gasteiger partial charge in [0.2, 0.25) is 5.91 Å². The van der Waals surface area contributed by atoms with Crippen LogP contribution in [0.4, 0.5) is 0 Å². The van der Waals surface area contributed by atoms with Crippen molar-refractivity contribution in [2.24, 2.45) is 10.9 Å². The van der Waals surface area contributed by atoms with Crippen molar-refractivity contribution in [1.29, 1.82) is 0 Å². The maximum absolute atomic E-state index is 12.5. The van der Waals surface area contributed by atoms with Gasteiger partial charge in [0.1, 0.15) is 11.4 Å². The van der Waals surface area contributed by atoms with Gasteiger partial charge in [-0.2, -0.15) is 0 Å². The summed E-state index contributed by atoms with van der Waals surface area (Å²) in [5.41, 5.74) is 0.903. The van der Waals surface area contributed by atoms with Gasteiger partial charge in [0.15, 0.2) is 5.96 Å². The molecule has 2 aliphatic heterocycles. The van der Waals surface area contributed by atoms with Crippen molar-refractivity contribution in [3.63, 3.8) is 0 Å². The number of hydrogen-bond acceptors (Lipinski definition) is 3. The number of hydrogen-bond donors (Lipinski definition) is 2. The zero-order chi connectivity index (χ0) is 20.9. The average Bonchev–Trinajstić information content (AvgIpc) is 2.67. The van der Waals surface area contributed by atoms with Crippen molar-refractivity contribution >= 4 is 11.9 Å². The number of fused-ring (bicyclic) bond motifs is 1. The lowest BCUT2D eigenvalue weighted by molar-refractivity contribution is -0.132. The number of guanidine groups is 1. The van der Waals surface area contributed by atoms with Gasteiger partial charge in [-0.05, 0) is 45.6 Å². The maximum Gasteiger partial charge on any atom is 0.224 e. The third-order valence-corrected chi connectivity index (χ3v) is 5.64. The molecule has 1 amide bonds. The van der Waals surface area contributed by atoms with Gasteiger partial charge in [-0.15, -0.1) is 0 Å². The number of amides is 1. The summed E-state index contributed by atoms with van der Waals surface area (Å²) in [6, 6.07) is 8.29. The van der Waals surface area contributed by atoms with Gasteiger partial charge in [0.25, 0.3) is 0 Å². The van der Waals surface area contributed by atoms with E-state index in [1.165, 1.54) is 6.42 Å². The second-order valence-electron chi connectivity index (χ2n) is 8.90. The Balaban J connectivity index is 1.63. The van der Waals surface area contributed by atoms with Gasteiger partial charge in [0.05, 0.1) is 12.6 Å². The normalized spacial score (nSPS) is 23.7. The zero-order valence-electron chi connectivity index (χ0n) is 18.3. The van der Waals surface area contributed by atoms with Crippen LogP contribution in [0.1, 0.15) is 65.0 Å². The van der Waals surface area contributed by atoms with Crippen LogP contribution >= 0.6 is 0 Å². The lowest BCUT2D eigenvalue weighted by atomic mass is 9.90. The number of nitrogens with one attached hydrogen (secondary N) is 2. The Bertz CT molecular complexity index is 731. The van der Waals surface area contributed by atoms with Crippen molar-refractivity contribution in [2.45, 2.75) is 65.0 Å². The molecular formula is C23H36N4O2. The summed E-state index contributed by atoms with van der Waals surface area (Å²) >= 11 is 0. The molecule has 0 aliphatic carbocycles. The number of likely N-dealkylation sites (tertiary alicyclic amines) is 1. The van der Waals surface area contributed by atoms with Gasteiger partial charge < -0.3 is 20.3 Å². The average molecular weight is 401 g/mol. The first-order chi connectivity index (χ1) is 13.9. The van der Waals surface area contributed by atoms with Gasteiger partial charge in [0, 0.05) is 38.0 Å². The molecule has 2 N–H and O–H groups in total. The number of aliphatic imine (C=N–C) groups is 1. The molecule has 0 aromatic heterocycles. The summed E-state index contributed by atoms with van der Waals surface area (Å²) in [5.74, 6) is 2.50. The van der Waals surface area contributed by atoms with Crippen LogP contribution in [-0.4, -0.2) is 48.5 Å². The summed E-state index contributed by atoms with van der Waals surface area (Å²) in [4.78, 5) is 19.2. The minimum Gasteiger partial charge on any atom is -0.487 e. The van der Waals surface area contributed by atoms with E-state index in [0.717, 1.165) is 49.7 Å². The first kappa shape index (κ1) is 21.5. The lowest BCUT2D eigenvalue weighted by Crippen LogP contribution is -2.45. The van der Waals surface area contributed by atoms with Crippen LogP contribution in [0, 0.1) is 5.92 Å². The molecule has 2 unspecified atom stereocenters. The molecule has 2 atom stereocenters. The third-order valence-electron chi connectivity index (χ3n) is 5.64. The number of nitrogens with zero attached hydrogens (tertiary/aromatic N) is 2. The predicted octanol–water partition coefficient (Wildman–Crippen LogP) is 3.49. The molecule has 0 saturated carbocycles. The number of para-hydroxylation sites is 1. The van der Waals surface area contributed by atoms with Crippen molar-refractivity contribution in [2.75, 3.05) is 26.2 Å². The van der Waals surface area contributed by atoms with E-state index in [2.05, 4.69) is 49.4 Å². The monoisotopic (exact) mass is 400 g/mol. The minimum atomic E-state index is -0.246. The summed E-state index contributed by atoms with van der Waals surface area (Å²) in [6.45, 7) is 11.5. The molecule has 6 nitrogen and oxygen atoms in total. The Kier molecular flexibility index (Phi) is 7.04. The third kappa shape index (κ3) is 5.87. The highest BCUT2D eigenvalue weighted by molar-refractivity contribution is 5.81. The van der Waals surface area contributed by atoms with E-state index in [4.69, 9.17) is 4.74 Å². The number of rotatable bonds is 5. The van der Waals surface area contributed by atoms with E-state index in [1.54, 1.807) is 0 Å².